The number of sulfonamides is 1. The zero-order valence-electron chi connectivity index (χ0n) is 9.11. The molecular weight excluding hydrogens is 284 g/mol. The lowest BCUT2D eigenvalue weighted by Crippen LogP contribution is -2.33. The van der Waals surface area contributed by atoms with Crippen LogP contribution in [0.5, 0.6) is 0 Å². The van der Waals surface area contributed by atoms with Crippen molar-refractivity contribution >= 4 is 38.2 Å². The van der Waals surface area contributed by atoms with Gasteiger partial charge in [-0.2, -0.15) is 0 Å². The van der Waals surface area contributed by atoms with Gasteiger partial charge in [-0.05, 0) is 0 Å². The van der Waals surface area contributed by atoms with Gasteiger partial charge in [0.15, 0.2) is 5.84 Å². The third-order valence-corrected chi connectivity index (χ3v) is 4.10. The molecule has 0 unspecified atom stereocenters. The molecule has 1 heterocycles. The normalized spacial score (nSPS) is 12.4. The van der Waals surface area contributed by atoms with Gasteiger partial charge < -0.3 is 16.3 Å². The van der Waals surface area contributed by atoms with Crippen molar-refractivity contribution in [1.82, 2.24) is 14.9 Å². The van der Waals surface area contributed by atoms with Gasteiger partial charge in [0, 0.05) is 6.92 Å². The summed E-state index contributed by atoms with van der Waals surface area (Å²) < 4.78 is 25.0. The molecule has 0 atom stereocenters. The summed E-state index contributed by atoms with van der Waals surface area (Å²) in [5, 5.41) is 20.1. The molecule has 1 rings (SSSR count). The first-order valence-corrected chi connectivity index (χ1v) is 6.72. The first-order valence-electron chi connectivity index (χ1n) is 4.42. The molecule has 0 aliphatic carbocycles. The summed E-state index contributed by atoms with van der Waals surface area (Å²) in [6.07, 6.45) is 0. The maximum Gasteiger partial charge on any atom is 0.270 e. The van der Waals surface area contributed by atoms with Crippen molar-refractivity contribution < 1.29 is 18.4 Å². The molecule has 0 fully saturated rings. The first-order chi connectivity index (χ1) is 8.35. The Balaban J connectivity index is 2.79. The lowest BCUT2D eigenvalue weighted by atomic mass is 10.6. The fourth-order valence-corrected chi connectivity index (χ4v) is 2.77. The highest BCUT2D eigenvalue weighted by Gasteiger charge is 2.20. The number of aromatic nitrogens is 2. The average Bonchev–Trinajstić information content (AvgIpc) is 2.74. The highest BCUT2D eigenvalue weighted by molar-refractivity contribution is 7.91. The molecule has 0 aromatic carbocycles. The van der Waals surface area contributed by atoms with Crippen LogP contribution in [0.2, 0.25) is 0 Å². The van der Waals surface area contributed by atoms with E-state index in [1.165, 1.54) is 6.92 Å². The third kappa shape index (κ3) is 3.90. The number of nitrogens with two attached hydrogens (primary N) is 1. The van der Waals surface area contributed by atoms with Gasteiger partial charge in [-0.3, -0.25) is 4.79 Å². The topological polar surface area (TPSA) is 160 Å². The van der Waals surface area contributed by atoms with Gasteiger partial charge in [0.25, 0.3) is 10.0 Å². The smallest absolute Gasteiger partial charge is 0.270 e. The Labute approximate surface area is 106 Å². The Bertz CT molecular complexity index is 564. The molecule has 0 bridgehead atoms. The van der Waals surface area contributed by atoms with Crippen molar-refractivity contribution in [1.29, 1.82) is 0 Å². The summed E-state index contributed by atoms with van der Waals surface area (Å²) in [7, 11) is -3.91. The molecule has 12 heteroatoms. The van der Waals surface area contributed by atoms with Gasteiger partial charge in [0.05, 0.1) is 6.54 Å². The van der Waals surface area contributed by atoms with Crippen LogP contribution in [-0.4, -0.2) is 42.1 Å². The largest absolute Gasteiger partial charge is 0.409 e. The van der Waals surface area contributed by atoms with E-state index in [-0.39, 0.29) is 27.8 Å². The molecule has 5 N–H and O–H groups in total. The maximum absolute atomic E-state index is 11.6. The van der Waals surface area contributed by atoms with Crippen LogP contribution >= 0.6 is 11.3 Å². The van der Waals surface area contributed by atoms with Crippen LogP contribution in [0.4, 0.5) is 5.13 Å². The highest BCUT2D eigenvalue weighted by atomic mass is 32.2. The SMILES string of the molecule is CC(=O)Nc1nnc(S(=O)(=O)NCC(N)=NO)s1. The molecule has 0 saturated heterocycles. The number of anilines is 1. The number of amides is 1. The molecule has 18 heavy (non-hydrogen) atoms. The molecular formula is C6H10N6O4S2. The van der Waals surface area contributed by atoms with Crippen LogP contribution in [0.3, 0.4) is 0 Å². The van der Waals surface area contributed by atoms with E-state index in [9.17, 15) is 13.2 Å². The standard InChI is InChI=1S/C6H10N6O4S2/c1-3(13)9-5-10-11-6(17-5)18(15,16)8-2-4(7)12-14/h8,14H,2H2,1H3,(H2,7,12)(H,9,10,13). The Hall–Kier alpha value is -1.79. The molecule has 0 radical (unpaired) electrons. The number of carbonyl (C=O) groups excluding carboxylic acids is 1. The van der Waals surface area contributed by atoms with Crippen molar-refractivity contribution in [2.45, 2.75) is 11.3 Å². The number of hydrogen-bond acceptors (Lipinski definition) is 8. The van der Waals surface area contributed by atoms with E-state index in [1.807, 2.05) is 4.72 Å². The second kappa shape index (κ2) is 5.70. The van der Waals surface area contributed by atoms with Crippen molar-refractivity contribution in [3.8, 4) is 0 Å². The summed E-state index contributed by atoms with van der Waals surface area (Å²) in [5.41, 5.74) is 5.11. The number of amidine groups is 1. The molecule has 1 amide bonds. The molecule has 0 aliphatic heterocycles. The lowest BCUT2D eigenvalue weighted by molar-refractivity contribution is -0.114. The molecule has 0 spiro atoms. The molecule has 1 aromatic heterocycles. The predicted molar refractivity (Wildman–Crippen MR) is 62.8 cm³/mol. The summed E-state index contributed by atoms with van der Waals surface area (Å²) in [6, 6.07) is 0. The Morgan fingerprint density at radius 3 is 2.78 bits per heavy atom. The predicted octanol–water partition coefficient (Wildman–Crippen LogP) is -1.48. The van der Waals surface area contributed by atoms with Gasteiger partial charge in [0.1, 0.15) is 0 Å². The third-order valence-electron chi connectivity index (χ3n) is 1.49. The number of nitrogens with one attached hydrogen (secondary N) is 2. The molecule has 1 aromatic rings. The second-order valence-electron chi connectivity index (χ2n) is 2.97. The quantitative estimate of drug-likeness (QED) is 0.169. The average molecular weight is 294 g/mol. The summed E-state index contributed by atoms with van der Waals surface area (Å²) in [4.78, 5) is 10.7. The van der Waals surface area contributed by atoms with E-state index in [4.69, 9.17) is 10.9 Å². The number of hydrogen-bond donors (Lipinski definition) is 4. The second-order valence-corrected chi connectivity index (χ2v) is 5.89. The Morgan fingerprint density at radius 2 is 2.22 bits per heavy atom. The molecule has 0 aliphatic rings. The summed E-state index contributed by atoms with van der Waals surface area (Å²) in [5.74, 6) is -0.690. The zero-order chi connectivity index (χ0) is 13.8. The van der Waals surface area contributed by atoms with Crippen LogP contribution in [-0.2, 0) is 14.8 Å². The number of nitrogens with zero attached hydrogens (tertiary/aromatic N) is 3. The van der Waals surface area contributed by atoms with Gasteiger partial charge in [-0.15, -0.1) is 10.2 Å². The van der Waals surface area contributed by atoms with E-state index in [1.54, 1.807) is 0 Å². The van der Waals surface area contributed by atoms with Crippen LogP contribution in [0.1, 0.15) is 6.92 Å². The summed E-state index contributed by atoms with van der Waals surface area (Å²) >= 11 is 0.680. The minimum Gasteiger partial charge on any atom is -0.409 e. The molecule has 100 valence electrons. The monoisotopic (exact) mass is 294 g/mol. The number of rotatable bonds is 5. The Kier molecular flexibility index (Phi) is 4.52. The van der Waals surface area contributed by atoms with E-state index in [0.29, 0.717) is 11.3 Å². The van der Waals surface area contributed by atoms with Crippen LogP contribution < -0.4 is 15.8 Å². The van der Waals surface area contributed by atoms with Crippen LogP contribution in [0, 0.1) is 0 Å². The number of carbonyl (C=O) groups is 1. The fraction of sp³-hybridized carbons (Fsp3) is 0.333. The van der Waals surface area contributed by atoms with E-state index in [2.05, 4.69) is 20.7 Å². The van der Waals surface area contributed by atoms with Crippen molar-refractivity contribution in [3.05, 3.63) is 0 Å². The van der Waals surface area contributed by atoms with Crippen molar-refractivity contribution in [2.75, 3.05) is 11.9 Å². The Morgan fingerprint density at radius 1 is 1.56 bits per heavy atom. The van der Waals surface area contributed by atoms with Crippen molar-refractivity contribution in [2.24, 2.45) is 10.9 Å². The van der Waals surface area contributed by atoms with Crippen molar-refractivity contribution in [3.63, 3.8) is 0 Å². The van der Waals surface area contributed by atoms with Crippen LogP contribution in [0.15, 0.2) is 9.50 Å². The van der Waals surface area contributed by atoms with E-state index < -0.39 is 10.0 Å². The minimum atomic E-state index is -3.91. The minimum absolute atomic E-state index is 0.0617. The molecule has 0 saturated carbocycles. The van der Waals surface area contributed by atoms with E-state index in [0.717, 1.165) is 0 Å². The van der Waals surface area contributed by atoms with E-state index >= 15 is 0 Å². The van der Waals surface area contributed by atoms with Gasteiger partial charge >= 0.3 is 0 Å². The van der Waals surface area contributed by atoms with Gasteiger partial charge in [0.2, 0.25) is 15.4 Å². The highest BCUT2D eigenvalue weighted by Crippen LogP contribution is 2.19. The molecule has 10 nitrogen and oxygen atoms in total. The summed E-state index contributed by atoms with van der Waals surface area (Å²) in [6.45, 7) is 0.889. The van der Waals surface area contributed by atoms with Gasteiger partial charge in [-0.25, -0.2) is 13.1 Å². The first kappa shape index (κ1) is 14.3. The zero-order valence-corrected chi connectivity index (χ0v) is 10.7. The van der Waals surface area contributed by atoms with Crippen LogP contribution in [0.25, 0.3) is 0 Å². The number of oxime groups is 1. The fourth-order valence-electron chi connectivity index (χ4n) is 0.786. The van der Waals surface area contributed by atoms with Gasteiger partial charge in [-0.1, -0.05) is 16.5 Å². The lowest BCUT2D eigenvalue weighted by Gasteiger charge is -2.00. The maximum atomic E-state index is 11.6.